The van der Waals surface area contributed by atoms with Gasteiger partial charge in [0.25, 0.3) is 0 Å². The fourth-order valence-corrected chi connectivity index (χ4v) is 2.61. The molecule has 2 aromatic carbocycles. The van der Waals surface area contributed by atoms with Gasteiger partial charge < -0.3 is 10.6 Å². The minimum absolute atomic E-state index is 0.492. The van der Waals surface area contributed by atoms with E-state index in [0.29, 0.717) is 11.8 Å². The van der Waals surface area contributed by atoms with Crippen LogP contribution >= 0.6 is 0 Å². The highest BCUT2D eigenvalue weighted by Crippen LogP contribution is 2.21. The fraction of sp³-hybridized carbons (Fsp3) is 0. The van der Waals surface area contributed by atoms with E-state index in [-0.39, 0.29) is 0 Å². The zero-order chi connectivity index (χ0) is 17.8. The van der Waals surface area contributed by atoms with E-state index in [1.54, 1.807) is 12.4 Å². The summed E-state index contributed by atoms with van der Waals surface area (Å²) in [4.78, 5) is 13.1. The zero-order valence-electron chi connectivity index (χ0n) is 13.8. The molecule has 0 saturated heterocycles. The first-order chi connectivity index (χ1) is 12.8. The fourth-order valence-electron chi connectivity index (χ4n) is 2.61. The molecule has 0 spiro atoms. The summed E-state index contributed by atoms with van der Waals surface area (Å²) in [6.45, 7) is 0. The number of nitrogens with zero attached hydrogens (tertiary/aromatic N) is 3. The maximum Gasteiger partial charge on any atom is 0.229 e. The van der Waals surface area contributed by atoms with Crippen molar-refractivity contribution in [3.8, 4) is 12.3 Å². The average molecular weight is 337 g/mol. The zero-order valence-corrected chi connectivity index (χ0v) is 13.8. The van der Waals surface area contributed by atoms with Gasteiger partial charge in [0.05, 0.1) is 5.52 Å². The Hall–Kier alpha value is -3.91. The SMILES string of the molecule is C#Cc1cccc(Nc2nccc(Nc3ccc4ncccc4c3)n2)c1. The first-order valence-corrected chi connectivity index (χ1v) is 8.09. The van der Waals surface area contributed by atoms with Crippen LogP contribution in [0.5, 0.6) is 0 Å². The summed E-state index contributed by atoms with van der Waals surface area (Å²) >= 11 is 0. The average Bonchev–Trinajstić information content (AvgIpc) is 2.68. The Morgan fingerprint density at radius 3 is 2.65 bits per heavy atom. The normalized spacial score (nSPS) is 10.3. The molecule has 0 atom stereocenters. The van der Waals surface area contributed by atoms with Crippen LogP contribution in [-0.2, 0) is 0 Å². The van der Waals surface area contributed by atoms with Crippen LogP contribution in [0.4, 0.5) is 23.1 Å². The summed E-state index contributed by atoms with van der Waals surface area (Å²) in [5.74, 6) is 3.80. The molecule has 2 heterocycles. The standard InChI is InChI=1S/C21H15N5/c1-2-15-5-3-7-17(13-15)25-21-23-12-10-20(26-21)24-18-8-9-19-16(14-18)6-4-11-22-19/h1,3-14H,(H2,23,24,25,26). The molecular weight excluding hydrogens is 322 g/mol. The third-order valence-corrected chi connectivity index (χ3v) is 3.82. The van der Waals surface area contributed by atoms with E-state index in [0.717, 1.165) is 27.8 Å². The molecule has 26 heavy (non-hydrogen) atoms. The molecule has 124 valence electrons. The van der Waals surface area contributed by atoms with Crippen LogP contribution in [0.3, 0.4) is 0 Å². The van der Waals surface area contributed by atoms with Crippen LogP contribution in [0.25, 0.3) is 10.9 Å². The first-order valence-electron chi connectivity index (χ1n) is 8.09. The predicted octanol–water partition coefficient (Wildman–Crippen LogP) is 4.49. The summed E-state index contributed by atoms with van der Waals surface area (Å²) < 4.78 is 0. The van der Waals surface area contributed by atoms with Crippen LogP contribution in [0.2, 0.25) is 0 Å². The lowest BCUT2D eigenvalue weighted by atomic mass is 10.2. The minimum Gasteiger partial charge on any atom is -0.340 e. The Labute approximate surface area is 151 Å². The maximum atomic E-state index is 5.44. The molecule has 0 bridgehead atoms. The summed E-state index contributed by atoms with van der Waals surface area (Å²) in [6.07, 6.45) is 8.92. The number of aromatic nitrogens is 3. The molecule has 5 heteroatoms. The van der Waals surface area contributed by atoms with Crippen molar-refractivity contribution < 1.29 is 0 Å². The first kappa shape index (κ1) is 15.6. The lowest BCUT2D eigenvalue weighted by Crippen LogP contribution is -2.00. The highest BCUT2D eigenvalue weighted by atomic mass is 15.1. The number of benzene rings is 2. The summed E-state index contributed by atoms with van der Waals surface area (Å²) in [6, 6.07) is 19.3. The Morgan fingerprint density at radius 2 is 1.73 bits per heavy atom. The van der Waals surface area contributed by atoms with Gasteiger partial charge in [-0.05, 0) is 48.5 Å². The van der Waals surface area contributed by atoms with Crippen molar-refractivity contribution in [2.45, 2.75) is 0 Å². The van der Waals surface area contributed by atoms with Crippen molar-refractivity contribution in [1.82, 2.24) is 15.0 Å². The van der Waals surface area contributed by atoms with Crippen LogP contribution < -0.4 is 10.6 Å². The van der Waals surface area contributed by atoms with Crippen LogP contribution in [0.1, 0.15) is 5.56 Å². The van der Waals surface area contributed by atoms with Gasteiger partial charge in [-0.25, -0.2) is 4.98 Å². The van der Waals surface area contributed by atoms with E-state index in [1.807, 2.05) is 60.7 Å². The van der Waals surface area contributed by atoms with E-state index in [9.17, 15) is 0 Å². The number of nitrogens with one attached hydrogen (secondary N) is 2. The van der Waals surface area contributed by atoms with Crippen molar-refractivity contribution >= 4 is 34.0 Å². The second-order valence-electron chi connectivity index (χ2n) is 5.65. The number of terminal acetylenes is 1. The Kier molecular flexibility index (Phi) is 4.15. The van der Waals surface area contributed by atoms with Gasteiger partial charge in [-0.2, -0.15) is 4.98 Å². The second-order valence-corrected chi connectivity index (χ2v) is 5.65. The van der Waals surface area contributed by atoms with Crippen molar-refractivity contribution in [2.75, 3.05) is 10.6 Å². The molecule has 0 amide bonds. The van der Waals surface area contributed by atoms with Gasteiger partial charge in [-0.15, -0.1) is 6.42 Å². The van der Waals surface area contributed by atoms with E-state index >= 15 is 0 Å². The quantitative estimate of drug-likeness (QED) is 0.537. The molecule has 0 aliphatic rings. The monoisotopic (exact) mass is 337 g/mol. The van der Waals surface area contributed by atoms with Crippen LogP contribution in [0.15, 0.2) is 73.1 Å². The molecule has 2 N–H and O–H groups in total. The molecule has 4 aromatic rings. The Bertz CT molecular complexity index is 1110. The molecule has 2 aromatic heterocycles. The summed E-state index contributed by atoms with van der Waals surface area (Å²) in [5, 5.41) is 7.53. The summed E-state index contributed by atoms with van der Waals surface area (Å²) in [5.41, 5.74) is 3.53. The van der Waals surface area contributed by atoms with E-state index in [2.05, 4.69) is 31.5 Å². The Balaban J connectivity index is 1.55. The van der Waals surface area contributed by atoms with Crippen molar-refractivity contribution in [3.05, 3.63) is 78.6 Å². The molecule has 0 aliphatic heterocycles. The molecule has 0 saturated carbocycles. The lowest BCUT2D eigenvalue weighted by Gasteiger charge is -2.09. The van der Waals surface area contributed by atoms with Gasteiger partial charge in [-0.3, -0.25) is 4.98 Å². The highest BCUT2D eigenvalue weighted by Gasteiger charge is 2.03. The third-order valence-electron chi connectivity index (χ3n) is 3.82. The maximum absolute atomic E-state index is 5.44. The second kappa shape index (κ2) is 6.91. The van der Waals surface area contributed by atoms with Crippen molar-refractivity contribution in [3.63, 3.8) is 0 Å². The van der Waals surface area contributed by atoms with Crippen LogP contribution in [0, 0.1) is 12.3 Å². The molecule has 0 radical (unpaired) electrons. The lowest BCUT2D eigenvalue weighted by molar-refractivity contribution is 1.17. The number of hydrogen-bond acceptors (Lipinski definition) is 5. The molecule has 4 rings (SSSR count). The van der Waals surface area contributed by atoms with Gasteiger partial charge in [-0.1, -0.05) is 18.1 Å². The largest absolute Gasteiger partial charge is 0.340 e. The third kappa shape index (κ3) is 3.45. The van der Waals surface area contributed by atoms with Gasteiger partial charge in [0.1, 0.15) is 5.82 Å². The minimum atomic E-state index is 0.492. The smallest absolute Gasteiger partial charge is 0.229 e. The summed E-state index contributed by atoms with van der Waals surface area (Å²) in [7, 11) is 0. The molecular formula is C21H15N5. The number of hydrogen-bond donors (Lipinski definition) is 2. The van der Waals surface area contributed by atoms with Crippen molar-refractivity contribution in [1.29, 1.82) is 0 Å². The van der Waals surface area contributed by atoms with Gasteiger partial charge in [0.2, 0.25) is 5.95 Å². The molecule has 0 fully saturated rings. The number of anilines is 4. The number of fused-ring (bicyclic) bond motifs is 1. The number of pyridine rings is 1. The van der Waals surface area contributed by atoms with Gasteiger partial charge >= 0.3 is 0 Å². The number of rotatable bonds is 4. The predicted molar refractivity (Wildman–Crippen MR) is 105 cm³/mol. The Morgan fingerprint density at radius 1 is 0.808 bits per heavy atom. The van der Waals surface area contributed by atoms with Gasteiger partial charge in [0, 0.05) is 34.7 Å². The van der Waals surface area contributed by atoms with Crippen molar-refractivity contribution in [2.24, 2.45) is 0 Å². The highest BCUT2D eigenvalue weighted by molar-refractivity contribution is 5.83. The molecule has 5 nitrogen and oxygen atoms in total. The molecule has 0 unspecified atom stereocenters. The van der Waals surface area contributed by atoms with E-state index < -0.39 is 0 Å². The van der Waals surface area contributed by atoms with Crippen LogP contribution in [-0.4, -0.2) is 15.0 Å². The van der Waals surface area contributed by atoms with E-state index in [4.69, 9.17) is 6.42 Å². The topological polar surface area (TPSA) is 62.7 Å². The molecule has 0 aliphatic carbocycles. The van der Waals surface area contributed by atoms with Gasteiger partial charge in [0.15, 0.2) is 0 Å². The van der Waals surface area contributed by atoms with E-state index in [1.165, 1.54) is 0 Å².